The minimum absolute atomic E-state index is 0.0107. The van der Waals surface area contributed by atoms with Crippen LogP contribution in [0.25, 0.3) is 0 Å². The molecule has 29 heavy (non-hydrogen) atoms. The summed E-state index contributed by atoms with van der Waals surface area (Å²) >= 11 is 0. The van der Waals surface area contributed by atoms with Gasteiger partial charge in [0, 0.05) is 25.3 Å². The molecule has 0 saturated carbocycles. The van der Waals surface area contributed by atoms with Gasteiger partial charge in [0.25, 0.3) is 0 Å². The third-order valence-electron chi connectivity index (χ3n) is 3.93. The number of nitrogens with zero attached hydrogens (tertiary/aromatic N) is 1. The van der Waals surface area contributed by atoms with Crippen LogP contribution in [0.5, 0.6) is 5.75 Å². The van der Waals surface area contributed by atoms with E-state index in [2.05, 4.69) is 16.0 Å². The van der Waals surface area contributed by atoms with Crippen LogP contribution in [0.15, 0.2) is 23.1 Å². The van der Waals surface area contributed by atoms with Crippen molar-refractivity contribution in [1.29, 1.82) is 0 Å². The van der Waals surface area contributed by atoms with E-state index in [1.807, 2.05) is 13.8 Å². The number of carbonyl (C=O) groups is 2. The Morgan fingerprint density at radius 2 is 1.76 bits per heavy atom. The molecule has 0 unspecified atom stereocenters. The number of hydrogen-bond acceptors (Lipinski definition) is 5. The Morgan fingerprint density at radius 3 is 2.31 bits per heavy atom. The molecule has 0 aromatic heterocycles. The number of sulfonamides is 1. The smallest absolute Gasteiger partial charge is 0.315 e. The van der Waals surface area contributed by atoms with E-state index in [0.717, 1.165) is 0 Å². The number of anilines is 1. The second kappa shape index (κ2) is 11.6. The van der Waals surface area contributed by atoms with Crippen LogP contribution in [-0.2, 0) is 14.8 Å². The highest BCUT2D eigenvalue weighted by Gasteiger charge is 2.26. The van der Waals surface area contributed by atoms with Gasteiger partial charge < -0.3 is 20.7 Å². The first-order valence-corrected chi connectivity index (χ1v) is 11.2. The monoisotopic (exact) mass is 428 g/mol. The highest BCUT2D eigenvalue weighted by Crippen LogP contribution is 2.30. The molecule has 0 radical (unpaired) electrons. The molecule has 3 N–H and O–H groups in total. The van der Waals surface area contributed by atoms with Gasteiger partial charge >= 0.3 is 6.03 Å². The molecule has 0 aliphatic rings. The molecule has 0 spiro atoms. The van der Waals surface area contributed by atoms with Gasteiger partial charge in [-0.25, -0.2) is 13.2 Å². The summed E-state index contributed by atoms with van der Waals surface area (Å²) in [6.45, 7) is 10.4. The first kappa shape index (κ1) is 24.7. The van der Waals surface area contributed by atoms with Crippen molar-refractivity contribution in [1.82, 2.24) is 14.9 Å². The molecule has 0 atom stereocenters. The molecule has 0 bridgehead atoms. The number of rotatable bonds is 11. The summed E-state index contributed by atoms with van der Waals surface area (Å²) in [6, 6.07) is 4.00. The molecule has 3 amide bonds. The van der Waals surface area contributed by atoms with Crippen LogP contribution < -0.4 is 20.7 Å². The molecular weight excluding hydrogens is 396 g/mol. The van der Waals surface area contributed by atoms with Crippen molar-refractivity contribution >= 4 is 27.6 Å². The van der Waals surface area contributed by atoms with Gasteiger partial charge in [0.15, 0.2) is 0 Å². The summed E-state index contributed by atoms with van der Waals surface area (Å²) in [5.74, 6) is 0.0493. The van der Waals surface area contributed by atoms with Gasteiger partial charge in [0.05, 0.1) is 13.2 Å². The van der Waals surface area contributed by atoms with Crippen LogP contribution in [-0.4, -0.2) is 57.4 Å². The number of ether oxygens (including phenoxy) is 1. The zero-order valence-corrected chi connectivity index (χ0v) is 18.6. The molecule has 0 fully saturated rings. The Bertz CT molecular complexity index is 792. The molecule has 1 aromatic carbocycles. The lowest BCUT2D eigenvalue weighted by Crippen LogP contribution is -2.41. The number of benzene rings is 1. The first-order valence-electron chi connectivity index (χ1n) is 9.74. The Balaban J connectivity index is 2.93. The van der Waals surface area contributed by atoms with Crippen LogP contribution >= 0.6 is 0 Å². The largest absolute Gasteiger partial charge is 0.492 e. The Morgan fingerprint density at radius 1 is 1.10 bits per heavy atom. The predicted molar refractivity (Wildman–Crippen MR) is 113 cm³/mol. The van der Waals surface area contributed by atoms with Crippen molar-refractivity contribution < 1.29 is 22.7 Å². The SMILES string of the molecule is CCOc1ccc(NC(=O)CNC(=O)NCC(C)C)cc1S(=O)(=O)N(CC)CC. The molecule has 10 heteroatoms. The number of urea groups is 1. The van der Waals surface area contributed by atoms with E-state index in [9.17, 15) is 18.0 Å². The van der Waals surface area contributed by atoms with E-state index in [1.54, 1.807) is 26.8 Å². The maximum atomic E-state index is 12.9. The van der Waals surface area contributed by atoms with Gasteiger partial charge in [-0.2, -0.15) is 4.31 Å². The maximum absolute atomic E-state index is 12.9. The van der Waals surface area contributed by atoms with Crippen molar-refractivity contribution in [2.24, 2.45) is 5.92 Å². The molecule has 164 valence electrons. The average molecular weight is 429 g/mol. The molecule has 0 heterocycles. The van der Waals surface area contributed by atoms with Crippen molar-refractivity contribution in [3.8, 4) is 5.75 Å². The van der Waals surface area contributed by atoms with Gasteiger partial charge in [0.1, 0.15) is 10.6 Å². The van der Waals surface area contributed by atoms with Gasteiger partial charge in [-0.3, -0.25) is 4.79 Å². The van der Waals surface area contributed by atoms with Crippen LogP contribution in [0.2, 0.25) is 0 Å². The quantitative estimate of drug-likeness (QED) is 0.498. The van der Waals surface area contributed by atoms with Gasteiger partial charge in [-0.05, 0) is 31.0 Å². The predicted octanol–water partition coefficient (Wildman–Crippen LogP) is 2.01. The molecule has 0 aliphatic carbocycles. The number of nitrogens with one attached hydrogen (secondary N) is 3. The lowest BCUT2D eigenvalue weighted by atomic mass is 10.2. The summed E-state index contributed by atoms with van der Waals surface area (Å²) in [7, 11) is -3.78. The summed E-state index contributed by atoms with van der Waals surface area (Å²) < 4.78 is 32.7. The van der Waals surface area contributed by atoms with Crippen molar-refractivity contribution in [3.05, 3.63) is 18.2 Å². The maximum Gasteiger partial charge on any atom is 0.315 e. The third kappa shape index (κ3) is 7.54. The topological polar surface area (TPSA) is 117 Å². The Labute approximate surface area is 173 Å². The minimum Gasteiger partial charge on any atom is -0.492 e. The average Bonchev–Trinajstić information content (AvgIpc) is 2.66. The van der Waals surface area contributed by atoms with Gasteiger partial charge in [0.2, 0.25) is 15.9 Å². The normalized spacial score (nSPS) is 11.4. The highest BCUT2D eigenvalue weighted by atomic mass is 32.2. The molecule has 0 aliphatic heterocycles. The summed E-state index contributed by atoms with van der Waals surface area (Å²) in [6.07, 6.45) is 0. The second-order valence-corrected chi connectivity index (χ2v) is 8.60. The van der Waals surface area contributed by atoms with Crippen molar-refractivity contribution in [2.75, 3.05) is 38.1 Å². The molecule has 0 saturated heterocycles. The van der Waals surface area contributed by atoms with Crippen LogP contribution in [0.3, 0.4) is 0 Å². The van der Waals surface area contributed by atoms with E-state index in [-0.39, 0.29) is 17.2 Å². The second-order valence-electron chi connectivity index (χ2n) is 6.69. The fourth-order valence-electron chi connectivity index (χ4n) is 2.49. The lowest BCUT2D eigenvalue weighted by molar-refractivity contribution is -0.115. The van der Waals surface area contributed by atoms with Crippen molar-refractivity contribution in [2.45, 2.75) is 39.5 Å². The minimum atomic E-state index is -3.78. The fraction of sp³-hybridized carbons (Fsp3) is 0.579. The molecular formula is C19H32N4O5S. The standard InChI is InChI=1S/C19H32N4O5S/c1-6-23(7-2)29(26,27)17-11-15(9-10-16(17)28-8-3)22-18(24)13-21-19(25)20-12-14(4)5/h9-11,14H,6-8,12-13H2,1-5H3,(H,22,24)(H2,20,21,25). The highest BCUT2D eigenvalue weighted by molar-refractivity contribution is 7.89. The van der Waals surface area contributed by atoms with Gasteiger partial charge in [-0.15, -0.1) is 0 Å². The molecule has 1 aromatic rings. The summed E-state index contributed by atoms with van der Waals surface area (Å²) in [4.78, 5) is 23.8. The van der Waals surface area contributed by atoms with E-state index >= 15 is 0 Å². The van der Waals surface area contributed by atoms with Crippen molar-refractivity contribution in [3.63, 3.8) is 0 Å². The fourth-order valence-corrected chi connectivity index (χ4v) is 4.10. The molecule has 1 rings (SSSR count). The Hall–Kier alpha value is -2.33. The summed E-state index contributed by atoms with van der Waals surface area (Å²) in [5, 5.41) is 7.70. The van der Waals surface area contributed by atoms with E-state index < -0.39 is 22.0 Å². The first-order chi connectivity index (χ1) is 13.6. The Kier molecular flexibility index (Phi) is 9.90. The zero-order chi connectivity index (χ0) is 22.0. The lowest BCUT2D eigenvalue weighted by Gasteiger charge is -2.21. The third-order valence-corrected chi connectivity index (χ3v) is 6.00. The van der Waals surface area contributed by atoms with E-state index in [1.165, 1.54) is 16.4 Å². The number of amides is 3. The van der Waals surface area contributed by atoms with Crippen LogP contribution in [0.4, 0.5) is 10.5 Å². The van der Waals surface area contributed by atoms with Gasteiger partial charge in [-0.1, -0.05) is 27.7 Å². The number of carbonyl (C=O) groups excluding carboxylic acids is 2. The van der Waals surface area contributed by atoms with Crippen LogP contribution in [0, 0.1) is 5.92 Å². The van der Waals surface area contributed by atoms with E-state index in [0.29, 0.717) is 37.8 Å². The van der Waals surface area contributed by atoms with Crippen LogP contribution in [0.1, 0.15) is 34.6 Å². The summed E-state index contributed by atoms with van der Waals surface area (Å²) in [5.41, 5.74) is 0.300. The zero-order valence-electron chi connectivity index (χ0n) is 17.7. The molecule has 9 nitrogen and oxygen atoms in total. The van der Waals surface area contributed by atoms with E-state index in [4.69, 9.17) is 4.74 Å². The number of hydrogen-bond donors (Lipinski definition) is 3.